The fourth-order valence-electron chi connectivity index (χ4n) is 1.94. The summed E-state index contributed by atoms with van der Waals surface area (Å²) in [7, 11) is 0.916. The van der Waals surface area contributed by atoms with Crippen LogP contribution in [0.5, 0.6) is 5.75 Å². The number of aromatic hydroxyl groups is 1. The Morgan fingerprint density at radius 1 is 1.24 bits per heavy atom. The molecule has 2 aromatic rings. The molecule has 0 atom stereocenters. The largest absolute Gasteiger partial charge is 0.507 e. The van der Waals surface area contributed by atoms with Gasteiger partial charge in [0.2, 0.25) is 0 Å². The minimum absolute atomic E-state index is 0.0996. The lowest BCUT2D eigenvalue weighted by atomic mass is 10.0. The van der Waals surface area contributed by atoms with Crippen molar-refractivity contribution in [3.05, 3.63) is 51.2 Å². The maximum absolute atomic E-state index is 13.8. The molecule has 0 radical (unpaired) electrons. The van der Waals surface area contributed by atoms with Crippen LogP contribution in [0.3, 0.4) is 0 Å². The average Bonchev–Trinajstić information content (AvgIpc) is 2.31. The van der Waals surface area contributed by atoms with Gasteiger partial charge in [-0.3, -0.25) is 4.79 Å². The first-order chi connectivity index (χ1) is 9.62. The fourth-order valence-corrected chi connectivity index (χ4v) is 2.14. The number of alkyl halides is 3. The second-order valence-electron chi connectivity index (χ2n) is 4.28. The van der Waals surface area contributed by atoms with Gasteiger partial charge >= 0.3 is 6.18 Å². The van der Waals surface area contributed by atoms with Crippen molar-refractivity contribution in [3.8, 4) is 16.9 Å². The highest BCUT2D eigenvalue weighted by Gasteiger charge is 2.34. The summed E-state index contributed by atoms with van der Waals surface area (Å²) in [5.41, 5.74) is -3.14. The minimum atomic E-state index is -4.72. The highest BCUT2D eigenvalue weighted by atomic mass is 35.5. The molecule has 0 fully saturated rings. The Bertz CT molecular complexity index is 745. The number of phenols is 1. The Morgan fingerprint density at radius 3 is 2.38 bits per heavy atom. The quantitative estimate of drug-likeness (QED) is 0.816. The Morgan fingerprint density at radius 2 is 1.86 bits per heavy atom. The first-order valence-electron chi connectivity index (χ1n) is 5.58. The number of benzene rings is 1. The molecule has 0 saturated heterocycles. The van der Waals surface area contributed by atoms with E-state index in [1.807, 2.05) is 0 Å². The zero-order valence-electron chi connectivity index (χ0n) is 10.5. The van der Waals surface area contributed by atoms with Gasteiger partial charge in [0, 0.05) is 12.1 Å². The van der Waals surface area contributed by atoms with E-state index in [0.717, 1.165) is 25.2 Å². The Kier molecular flexibility index (Phi) is 3.71. The van der Waals surface area contributed by atoms with Gasteiger partial charge in [-0.15, -0.1) is 0 Å². The maximum Gasteiger partial charge on any atom is 0.431 e. The van der Waals surface area contributed by atoms with Crippen molar-refractivity contribution in [1.82, 2.24) is 4.57 Å². The van der Waals surface area contributed by atoms with Gasteiger partial charge in [-0.05, 0) is 24.3 Å². The lowest BCUT2D eigenvalue weighted by molar-refractivity contribution is -0.143. The Labute approximate surface area is 121 Å². The molecule has 0 bridgehead atoms. The van der Waals surface area contributed by atoms with E-state index in [2.05, 4.69) is 0 Å². The van der Waals surface area contributed by atoms with Crippen LogP contribution in [0, 0.1) is 5.82 Å². The van der Waals surface area contributed by atoms with E-state index in [-0.39, 0.29) is 5.02 Å². The molecule has 0 aliphatic heterocycles. The molecule has 1 aromatic heterocycles. The van der Waals surface area contributed by atoms with Crippen molar-refractivity contribution in [2.24, 2.45) is 7.05 Å². The van der Waals surface area contributed by atoms with Crippen LogP contribution < -0.4 is 5.56 Å². The van der Waals surface area contributed by atoms with E-state index in [4.69, 9.17) is 11.6 Å². The molecule has 0 saturated carbocycles. The SMILES string of the molecule is Cn1c(C(F)(F)F)ccc(-c2c(O)cc(Cl)cc2F)c1=O. The number of hydrogen-bond donors (Lipinski definition) is 1. The molecule has 0 unspecified atom stereocenters. The number of pyridine rings is 1. The molecular formula is C13H8ClF4NO2. The summed E-state index contributed by atoms with van der Waals surface area (Å²) < 4.78 is 52.2. The minimum Gasteiger partial charge on any atom is -0.507 e. The van der Waals surface area contributed by atoms with E-state index in [9.17, 15) is 27.5 Å². The predicted molar refractivity (Wildman–Crippen MR) is 68.8 cm³/mol. The van der Waals surface area contributed by atoms with Crippen LogP contribution in [0.15, 0.2) is 29.1 Å². The van der Waals surface area contributed by atoms with Crippen molar-refractivity contribution in [1.29, 1.82) is 0 Å². The van der Waals surface area contributed by atoms with Gasteiger partial charge in [0.1, 0.15) is 17.3 Å². The smallest absolute Gasteiger partial charge is 0.431 e. The topological polar surface area (TPSA) is 42.2 Å². The number of hydrogen-bond acceptors (Lipinski definition) is 2. The molecule has 1 aromatic carbocycles. The third-order valence-electron chi connectivity index (χ3n) is 2.90. The third kappa shape index (κ3) is 2.73. The fraction of sp³-hybridized carbons (Fsp3) is 0.154. The lowest BCUT2D eigenvalue weighted by Crippen LogP contribution is -2.26. The summed E-state index contributed by atoms with van der Waals surface area (Å²) in [6.45, 7) is 0. The van der Waals surface area contributed by atoms with E-state index in [0.29, 0.717) is 10.6 Å². The van der Waals surface area contributed by atoms with Crippen LogP contribution in [0.2, 0.25) is 5.02 Å². The van der Waals surface area contributed by atoms with Crippen molar-refractivity contribution < 1.29 is 22.7 Å². The van der Waals surface area contributed by atoms with Gasteiger partial charge in [-0.25, -0.2) is 4.39 Å². The van der Waals surface area contributed by atoms with Crippen molar-refractivity contribution in [2.45, 2.75) is 6.18 Å². The number of rotatable bonds is 1. The third-order valence-corrected chi connectivity index (χ3v) is 3.12. The normalized spacial score (nSPS) is 11.7. The van der Waals surface area contributed by atoms with Crippen LogP contribution in [-0.4, -0.2) is 9.67 Å². The van der Waals surface area contributed by atoms with Crippen molar-refractivity contribution in [3.63, 3.8) is 0 Å². The number of nitrogens with zero attached hydrogens (tertiary/aromatic N) is 1. The summed E-state index contributed by atoms with van der Waals surface area (Å²) in [5.74, 6) is -1.63. The molecule has 21 heavy (non-hydrogen) atoms. The lowest BCUT2D eigenvalue weighted by Gasteiger charge is -2.14. The summed E-state index contributed by atoms with van der Waals surface area (Å²) >= 11 is 5.53. The zero-order valence-corrected chi connectivity index (χ0v) is 11.3. The molecule has 112 valence electrons. The van der Waals surface area contributed by atoms with Crippen LogP contribution in [0.1, 0.15) is 5.69 Å². The summed E-state index contributed by atoms with van der Waals surface area (Å²) in [5, 5.41) is 9.58. The standard InChI is InChI=1S/C13H8ClF4NO2/c1-19-10(13(16,17)18)3-2-7(12(19)21)11-8(15)4-6(14)5-9(11)20/h2-5,20H,1H3. The molecule has 1 heterocycles. The predicted octanol–water partition coefficient (Wildman–Crippen LogP) is 3.57. The van der Waals surface area contributed by atoms with E-state index in [1.54, 1.807) is 0 Å². The first-order valence-corrected chi connectivity index (χ1v) is 5.96. The number of halogens is 5. The number of aromatic nitrogens is 1. The Balaban J connectivity index is 2.74. The van der Waals surface area contributed by atoms with Crippen LogP contribution in [-0.2, 0) is 13.2 Å². The van der Waals surface area contributed by atoms with Crippen molar-refractivity contribution in [2.75, 3.05) is 0 Å². The van der Waals surface area contributed by atoms with Gasteiger partial charge in [-0.1, -0.05) is 11.6 Å². The monoisotopic (exact) mass is 321 g/mol. The molecule has 8 heteroatoms. The maximum atomic E-state index is 13.8. The molecular weight excluding hydrogens is 314 g/mol. The highest BCUT2D eigenvalue weighted by Crippen LogP contribution is 2.34. The zero-order chi connectivity index (χ0) is 15.9. The molecule has 3 nitrogen and oxygen atoms in total. The second-order valence-corrected chi connectivity index (χ2v) is 4.71. The van der Waals surface area contributed by atoms with Crippen LogP contribution >= 0.6 is 11.6 Å². The average molecular weight is 322 g/mol. The summed E-state index contributed by atoms with van der Waals surface area (Å²) in [4.78, 5) is 12.0. The van der Waals surface area contributed by atoms with Gasteiger partial charge in [-0.2, -0.15) is 13.2 Å². The van der Waals surface area contributed by atoms with E-state index in [1.165, 1.54) is 0 Å². The van der Waals surface area contributed by atoms with Crippen LogP contribution in [0.4, 0.5) is 17.6 Å². The van der Waals surface area contributed by atoms with Gasteiger partial charge in [0.15, 0.2) is 0 Å². The molecule has 1 N–H and O–H groups in total. The highest BCUT2D eigenvalue weighted by molar-refractivity contribution is 6.30. The van der Waals surface area contributed by atoms with Gasteiger partial charge in [0.25, 0.3) is 5.56 Å². The van der Waals surface area contributed by atoms with Crippen LogP contribution in [0.25, 0.3) is 11.1 Å². The Hall–Kier alpha value is -2.02. The molecule has 0 amide bonds. The second kappa shape index (κ2) is 5.07. The molecule has 0 spiro atoms. The van der Waals surface area contributed by atoms with Gasteiger partial charge in [0.05, 0.1) is 11.1 Å². The van der Waals surface area contributed by atoms with Crippen molar-refractivity contribution >= 4 is 11.6 Å². The van der Waals surface area contributed by atoms with E-state index >= 15 is 0 Å². The van der Waals surface area contributed by atoms with Gasteiger partial charge < -0.3 is 9.67 Å². The summed E-state index contributed by atoms with van der Waals surface area (Å²) in [6.07, 6.45) is -4.72. The molecule has 2 rings (SSSR count). The first kappa shape index (κ1) is 15.4. The molecule has 0 aliphatic rings. The van der Waals surface area contributed by atoms with E-state index < -0.39 is 40.1 Å². The molecule has 0 aliphatic carbocycles. The summed E-state index contributed by atoms with van der Waals surface area (Å²) in [6, 6.07) is 3.31. The number of phenolic OH excluding ortho intramolecular Hbond substituents is 1.